The number of amides is 1. The highest BCUT2D eigenvalue weighted by Crippen LogP contribution is 2.38. The van der Waals surface area contributed by atoms with Crippen LogP contribution < -0.4 is 15.0 Å². The lowest BCUT2D eigenvalue weighted by Gasteiger charge is -2.38. The molecule has 0 radical (unpaired) electrons. The average Bonchev–Trinajstić information content (AvgIpc) is 3.35. The summed E-state index contributed by atoms with van der Waals surface area (Å²) in [6, 6.07) is 1.07. The highest BCUT2D eigenvalue weighted by Gasteiger charge is 2.39. The summed E-state index contributed by atoms with van der Waals surface area (Å²) >= 11 is 0. The zero-order valence-corrected chi connectivity index (χ0v) is 21.8. The number of nitrogens with zero attached hydrogens (tertiary/aromatic N) is 5. The first-order valence-corrected chi connectivity index (χ1v) is 13.0. The number of anilines is 2. The molecule has 206 valence electrons. The van der Waals surface area contributed by atoms with Crippen LogP contribution in [0.1, 0.15) is 56.4 Å². The maximum absolute atomic E-state index is 13.6. The number of halogens is 3. The van der Waals surface area contributed by atoms with E-state index in [1.165, 1.54) is 19.6 Å². The van der Waals surface area contributed by atoms with Gasteiger partial charge in [-0.25, -0.2) is 15.0 Å². The molecule has 0 aromatic carbocycles. The number of pyridine rings is 1. The van der Waals surface area contributed by atoms with Crippen molar-refractivity contribution in [3.05, 3.63) is 35.4 Å². The Balaban J connectivity index is 1.35. The maximum atomic E-state index is 13.6. The van der Waals surface area contributed by atoms with E-state index in [1.807, 2.05) is 23.6 Å². The van der Waals surface area contributed by atoms with Crippen LogP contribution in [0.15, 0.2) is 18.6 Å². The van der Waals surface area contributed by atoms with Gasteiger partial charge in [0.25, 0.3) is 0 Å². The van der Waals surface area contributed by atoms with Crippen molar-refractivity contribution in [2.75, 3.05) is 37.0 Å². The summed E-state index contributed by atoms with van der Waals surface area (Å²) in [5, 5.41) is 3.47. The summed E-state index contributed by atoms with van der Waals surface area (Å²) < 4.78 is 51.4. The number of ether oxygens (including phenoxy) is 2. The van der Waals surface area contributed by atoms with Crippen molar-refractivity contribution in [3.63, 3.8) is 0 Å². The number of carbonyl (C=O) groups is 1. The van der Waals surface area contributed by atoms with Crippen LogP contribution in [0.4, 0.5) is 24.7 Å². The lowest BCUT2D eigenvalue weighted by atomic mass is 9.87. The number of methoxy groups -OCH3 is 1. The van der Waals surface area contributed by atoms with Crippen molar-refractivity contribution >= 4 is 17.4 Å². The summed E-state index contributed by atoms with van der Waals surface area (Å²) in [6.07, 6.45) is 1.70. The number of likely N-dealkylation sites (tertiary alicyclic amines) is 1. The Morgan fingerprint density at radius 1 is 1.21 bits per heavy atom. The van der Waals surface area contributed by atoms with Gasteiger partial charge in [0.2, 0.25) is 11.8 Å². The molecule has 12 heteroatoms. The van der Waals surface area contributed by atoms with Crippen molar-refractivity contribution in [2.24, 2.45) is 5.92 Å². The van der Waals surface area contributed by atoms with Gasteiger partial charge in [0, 0.05) is 44.1 Å². The SMILES string of the molecule is COc1ncc(N2CCc3ncnc(NC4CCCN4C(=O)C4CCOC(C)(C)C4)c3C2)cc1C(F)(F)F. The molecule has 2 unspecified atom stereocenters. The van der Waals surface area contributed by atoms with Crippen molar-refractivity contribution < 1.29 is 27.4 Å². The minimum atomic E-state index is -4.59. The number of hydrogen-bond acceptors (Lipinski definition) is 8. The van der Waals surface area contributed by atoms with E-state index in [0.29, 0.717) is 57.0 Å². The highest BCUT2D eigenvalue weighted by molar-refractivity contribution is 5.80. The third kappa shape index (κ3) is 5.36. The standard InChI is InChI=1S/C26H33F3N6O3/c1-25(2)12-16(7-10-38-25)24(36)35-8-4-5-21(35)33-22-18-14-34(9-6-20(18)31-15-32-22)17-11-19(26(27,28)29)23(37-3)30-13-17/h11,13,15-16,21H,4-10,12,14H2,1-3H3,(H,31,32,33). The van der Waals surface area contributed by atoms with Crippen LogP contribution in [0, 0.1) is 5.92 Å². The lowest BCUT2D eigenvalue weighted by Crippen LogP contribution is -2.47. The molecule has 5 heterocycles. The molecular formula is C26H33F3N6O3. The van der Waals surface area contributed by atoms with Crippen LogP contribution in [-0.4, -0.2) is 64.3 Å². The maximum Gasteiger partial charge on any atom is 0.421 e. The van der Waals surface area contributed by atoms with Gasteiger partial charge in [0.1, 0.15) is 23.9 Å². The summed E-state index contributed by atoms with van der Waals surface area (Å²) in [6.45, 7) is 6.08. The second-order valence-electron chi connectivity index (χ2n) is 10.7. The largest absolute Gasteiger partial charge is 0.481 e. The molecule has 38 heavy (non-hydrogen) atoms. The Hall–Kier alpha value is -3.15. The summed E-state index contributed by atoms with van der Waals surface area (Å²) in [5.41, 5.74) is 0.771. The fourth-order valence-electron chi connectivity index (χ4n) is 5.68. The molecule has 2 aromatic rings. The molecule has 2 saturated heterocycles. The molecule has 2 fully saturated rings. The quantitative estimate of drug-likeness (QED) is 0.615. The van der Waals surface area contributed by atoms with Crippen LogP contribution in [0.2, 0.25) is 0 Å². The van der Waals surface area contributed by atoms with E-state index in [2.05, 4.69) is 20.3 Å². The lowest BCUT2D eigenvalue weighted by molar-refractivity contribution is -0.145. The van der Waals surface area contributed by atoms with Gasteiger partial charge in [-0.2, -0.15) is 13.2 Å². The Kier molecular flexibility index (Phi) is 7.10. The first-order valence-electron chi connectivity index (χ1n) is 13.0. The molecule has 2 atom stereocenters. The van der Waals surface area contributed by atoms with Gasteiger partial charge in [-0.15, -0.1) is 0 Å². The molecule has 9 nitrogen and oxygen atoms in total. The van der Waals surface area contributed by atoms with Crippen LogP contribution in [0.5, 0.6) is 5.88 Å². The third-order valence-electron chi connectivity index (χ3n) is 7.59. The molecule has 5 rings (SSSR count). The number of aromatic nitrogens is 3. The van der Waals surface area contributed by atoms with Crippen molar-refractivity contribution in [2.45, 2.75) is 70.4 Å². The molecule has 0 spiro atoms. The Morgan fingerprint density at radius 2 is 2.03 bits per heavy atom. The Morgan fingerprint density at radius 3 is 2.76 bits per heavy atom. The molecule has 3 aliphatic rings. The smallest absolute Gasteiger partial charge is 0.421 e. The van der Waals surface area contributed by atoms with Gasteiger partial charge in [0.05, 0.1) is 30.3 Å². The van der Waals surface area contributed by atoms with E-state index in [-0.39, 0.29) is 23.6 Å². The zero-order valence-electron chi connectivity index (χ0n) is 21.8. The number of alkyl halides is 3. The number of hydrogen-bond donors (Lipinski definition) is 1. The van der Waals surface area contributed by atoms with Crippen LogP contribution in [-0.2, 0) is 28.7 Å². The number of nitrogens with one attached hydrogen (secondary N) is 1. The molecule has 3 aliphatic heterocycles. The summed E-state index contributed by atoms with van der Waals surface area (Å²) in [4.78, 5) is 30.0. The molecule has 1 amide bonds. The number of fused-ring (bicyclic) bond motifs is 1. The predicted octanol–water partition coefficient (Wildman–Crippen LogP) is 4.03. The van der Waals surface area contributed by atoms with Crippen molar-refractivity contribution in [1.82, 2.24) is 19.9 Å². The first-order chi connectivity index (χ1) is 18.1. The van der Waals surface area contributed by atoms with E-state index >= 15 is 0 Å². The molecule has 1 N–H and O–H groups in total. The Labute approximate surface area is 219 Å². The minimum absolute atomic E-state index is 0.0821. The van der Waals surface area contributed by atoms with Crippen LogP contribution >= 0.6 is 0 Å². The average molecular weight is 535 g/mol. The minimum Gasteiger partial charge on any atom is -0.481 e. The van der Waals surface area contributed by atoms with E-state index in [4.69, 9.17) is 9.47 Å². The number of rotatable bonds is 5. The number of carbonyl (C=O) groups excluding carboxylic acids is 1. The van der Waals surface area contributed by atoms with Gasteiger partial charge in [-0.1, -0.05) is 0 Å². The van der Waals surface area contributed by atoms with Gasteiger partial charge in [-0.3, -0.25) is 4.79 Å². The van der Waals surface area contributed by atoms with E-state index in [9.17, 15) is 18.0 Å². The fraction of sp³-hybridized carbons (Fsp3) is 0.615. The monoisotopic (exact) mass is 534 g/mol. The zero-order chi connectivity index (χ0) is 27.1. The van der Waals surface area contributed by atoms with E-state index in [1.54, 1.807) is 0 Å². The van der Waals surface area contributed by atoms with E-state index < -0.39 is 17.6 Å². The first kappa shape index (κ1) is 26.5. The molecule has 0 aliphatic carbocycles. The molecule has 0 bridgehead atoms. The third-order valence-corrected chi connectivity index (χ3v) is 7.59. The normalized spacial score (nSPS) is 23.2. The van der Waals surface area contributed by atoms with Crippen molar-refractivity contribution in [3.8, 4) is 5.88 Å². The topological polar surface area (TPSA) is 92.7 Å². The van der Waals surface area contributed by atoms with Gasteiger partial charge < -0.3 is 24.6 Å². The fourth-order valence-corrected chi connectivity index (χ4v) is 5.68. The van der Waals surface area contributed by atoms with Gasteiger partial charge in [0.15, 0.2) is 0 Å². The highest BCUT2D eigenvalue weighted by atomic mass is 19.4. The summed E-state index contributed by atoms with van der Waals surface area (Å²) in [5.74, 6) is 0.198. The van der Waals surface area contributed by atoms with Crippen LogP contribution in [0.3, 0.4) is 0 Å². The predicted molar refractivity (Wildman–Crippen MR) is 134 cm³/mol. The molecular weight excluding hydrogens is 501 g/mol. The summed E-state index contributed by atoms with van der Waals surface area (Å²) in [7, 11) is 1.17. The molecule has 2 aromatic heterocycles. The second kappa shape index (κ2) is 10.2. The van der Waals surface area contributed by atoms with Crippen LogP contribution in [0.25, 0.3) is 0 Å². The van der Waals surface area contributed by atoms with E-state index in [0.717, 1.165) is 30.2 Å². The van der Waals surface area contributed by atoms with Crippen molar-refractivity contribution in [1.29, 1.82) is 0 Å². The Bertz CT molecular complexity index is 1190. The van der Waals surface area contributed by atoms with Gasteiger partial charge >= 0.3 is 6.18 Å². The molecule has 0 saturated carbocycles. The second-order valence-corrected chi connectivity index (χ2v) is 10.7. The van der Waals surface area contributed by atoms with Gasteiger partial charge in [-0.05, 0) is 45.6 Å².